The molecule has 0 radical (unpaired) electrons. The Kier molecular flexibility index (Phi) is 6.36. The van der Waals surface area contributed by atoms with Gasteiger partial charge >= 0.3 is 12.0 Å². The maximum atomic E-state index is 12.1. The molecule has 0 saturated heterocycles. The first-order valence-corrected chi connectivity index (χ1v) is 4.09. The molecule has 0 atom stereocenters. The van der Waals surface area contributed by atoms with Gasteiger partial charge in [-0.25, -0.2) is 4.79 Å². The molecule has 0 aliphatic carbocycles. The maximum absolute atomic E-state index is 12.1. The van der Waals surface area contributed by atoms with Crippen LogP contribution in [-0.4, -0.2) is 19.2 Å². The molecule has 14 heavy (non-hydrogen) atoms. The van der Waals surface area contributed by atoms with Gasteiger partial charge in [0.15, 0.2) is 0 Å². The highest BCUT2D eigenvalue weighted by atomic mass is 19.3. The van der Waals surface area contributed by atoms with Gasteiger partial charge in [-0.1, -0.05) is 12.2 Å². The van der Waals surface area contributed by atoms with Crippen LogP contribution in [0.25, 0.3) is 0 Å². The summed E-state index contributed by atoms with van der Waals surface area (Å²) in [6.07, 6.45) is 0.953. The molecule has 0 aromatic rings. The Morgan fingerprint density at radius 2 is 2.00 bits per heavy atom. The van der Waals surface area contributed by atoms with E-state index in [4.69, 9.17) is 0 Å². The molecule has 0 N–H and O–H groups in total. The lowest BCUT2D eigenvalue weighted by Crippen LogP contribution is -2.11. The van der Waals surface area contributed by atoms with E-state index in [9.17, 15) is 13.6 Å². The third-order valence-corrected chi connectivity index (χ3v) is 1.19. The fourth-order valence-corrected chi connectivity index (χ4v) is 0.615. The van der Waals surface area contributed by atoms with Crippen molar-refractivity contribution in [3.05, 3.63) is 24.0 Å². The molecule has 0 rings (SSSR count). The van der Waals surface area contributed by atoms with Gasteiger partial charge < -0.3 is 9.47 Å². The number of esters is 1. The normalized spacial score (nSPS) is 10.0. The first-order chi connectivity index (χ1) is 6.63. The monoisotopic (exact) mass is 206 g/mol. The minimum atomic E-state index is -2.17. The lowest BCUT2D eigenvalue weighted by molar-refractivity contribution is -0.142. The molecule has 0 heterocycles. The van der Waals surface area contributed by atoms with Gasteiger partial charge in [0, 0.05) is 0 Å². The number of hydrogen-bond acceptors (Lipinski definition) is 3. The van der Waals surface area contributed by atoms with E-state index in [1.165, 1.54) is 13.0 Å². The Morgan fingerprint density at radius 1 is 1.36 bits per heavy atom. The van der Waals surface area contributed by atoms with E-state index >= 15 is 0 Å². The molecule has 3 nitrogen and oxygen atoms in total. The van der Waals surface area contributed by atoms with Gasteiger partial charge in [-0.05, 0) is 13.8 Å². The summed E-state index contributed by atoms with van der Waals surface area (Å²) in [6, 6.07) is 0. The van der Waals surface area contributed by atoms with Crippen molar-refractivity contribution in [3.8, 4) is 0 Å². The van der Waals surface area contributed by atoms with Crippen LogP contribution in [0.2, 0.25) is 0 Å². The van der Waals surface area contributed by atoms with Crippen molar-refractivity contribution in [2.45, 2.75) is 13.8 Å². The number of carbonyl (C=O) groups excluding carboxylic acids is 1. The summed E-state index contributed by atoms with van der Waals surface area (Å²) in [5.74, 6) is -2.16. The predicted octanol–water partition coefficient (Wildman–Crippen LogP) is 2.25. The molecule has 0 fully saturated rings. The molecule has 0 bridgehead atoms. The molecule has 0 aliphatic rings. The van der Waals surface area contributed by atoms with Crippen LogP contribution in [0.5, 0.6) is 0 Å². The zero-order chi connectivity index (χ0) is 11.0. The van der Waals surface area contributed by atoms with E-state index in [0.717, 1.165) is 0 Å². The van der Waals surface area contributed by atoms with Crippen molar-refractivity contribution >= 4 is 5.97 Å². The number of allylic oxidation sites excluding steroid dienone is 1. The molecule has 0 aromatic carbocycles. The van der Waals surface area contributed by atoms with Crippen LogP contribution >= 0.6 is 0 Å². The fraction of sp³-hybridized carbons (Fsp3) is 0.444. The Morgan fingerprint density at radius 3 is 2.43 bits per heavy atom. The number of halogens is 2. The molecule has 0 spiro atoms. The van der Waals surface area contributed by atoms with Gasteiger partial charge in [0.2, 0.25) is 0 Å². The Balaban J connectivity index is 4.32. The van der Waals surface area contributed by atoms with E-state index in [-0.39, 0.29) is 13.2 Å². The van der Waals surface area contributed by atoms with Crippen molar-refractivity contribution in [1.82, 2.24) is 0 Å². The Labute approximate surface area is 81.0 Å². The van der Waals surface area contributed by atoms with Crippen LogP contribution in [0.15, 0.2) is 24.0 Å². The molecule has 0 unspecified atom stereocenters. The SMILES string of the molecule is C/C=C/COC(C(=O)OCC)=C(F)F. The van der Waals surface area contributed by atoms with Crippen LogP contribution in [-0.2, 0) is 14.3 Å². The van der Waals surface area contributed by atoms with E-state index in [1.807, 2.05) is 0 Å². The quantitative estimate of drug-likeness (QED) is 0.299. The second-order valence-corrected chi connectivity index (χ2v) is 2.19. The van der Waals surface area contributed by atoms with E-state index < -0.39 is 17.8 Å². The third-order valence-electron chi connectivity index (χ3n) is 1.19. The van der Waals surface area contributed by atoms with Crippen molar-refractivity contribution < 1.29 is 23.0 Å². The van der Waals surface area contributed by atoms with Gasteiger partial charge in [0.25, 0.3) is 5.76 Å². The van der Waals surface area contributed by atoms with Crippen molar-refractivity contribution in [2.24, 2.45) is 0 Å². The summed E-state index contributed by atoms with van der Waals surface area (Å²) in [4.78, 5) is 10.9. The summed E-state index contributed by atoms with van der Waals surface area (Å²) in [6.45, 7) is 3.19. The first-order valence-electron chi connectivity index (χ1n) is 4.09. The van der Waals surface area contributed by atoms with Gasteiger partial charge in [-0.15, -0.1) is 0 Å². The summed E-state index contributed by atoms with van der Waals surface area (Å²) < 4.78 is 33.2. The van der Waals surface area contributed by atoms with Crippen LogP contribution < -0.4 is 0 Å². The maximum Gasteiger partial charge on any atom is 0.379 e. The van der Waals surface area contributed by atoms with Crippen LogP contribution in [0.4, 0.5) is 8.78 Å². The summed E-state index contributed by atoms with van der Waals surface area (Å²) >= 11 is 0. The lowest BCUT2D eigenvalue weighted by atomic mass is 10.5. The standard InChI is InChI=1S/C9H12F2O3/c1-3-5-6-14-7(8(10)11)9(12)13-4-2/h3,5H,4,6H2,1-2H3/b5-3+. The highest BCUT2D eigenvalue weighted by molar-refractivity contribution is 5.86. The number of hydrogen-bond donors (Lipinski definition) is 0. The van der Waals surface area contributed by atoms with E-state index in [1.54, 1.807) is 13.0 Å². The third kappa shape index (κ3) is 4.59. The van der Waals surface area contributed by atoms with Gasteiger partial charge in [0.05, 0.1) is 6.61 Å². The topological polar surface area (TPSA) is 35.5 Å². The largest absolute Gasteiger partial charge is 0.479 e. The highest BCUT2D eigenvalue weighted by Crippen LogP contribution is 2.11. The van der Waals surface area contributed by atoms with E-state index in [2.05, 4.69) is 9.47 Å². The summed E-state index contributed by atoms with van der Waals surface area (Å²) in [5, 5.41) is 0. The second kappa shape index (κ2) is 7.06. The number of rotatable bonds is 5. The molecular weight excluding hydrogens is 194 g/mol. The fourth-order valence-electron chi connectivity index (χ4n) is 0.615. The van der Waals surface area contributed by atoms with E-state index in [0.29, 0.717) is 0 Å². The zero-order valence-corrected chi connectivity index (χ0v) is 8.05. The summed E-state index contributed by atoms with van der Waals surface area (Å²) in [7, 11) is 0. The van der Waals surface area contributed by atoms with Gasteiger partial charge in [-0.2, -0.15) is 8.78 Å². The smallest absolute Gasteiger partial charge is 0.379 e. The predicted molar refractivity (Wildman–Crippen MR) is 46.6 cm³/mol. The number of carbonyl (C=O) groups is 1. The molecule has 5 heteroatoms. The first kappa shape index (κ1) is 12.6. The average Bonchev–Trinajstić information content (AvgIpc) is 2.12. The van der Waals surface area contributed by atoms with Crippen LogP contribution in [0.1, 0.15) is 13.8 Å². The molecule has 0 aromatic heterocycles. The molecule has 80 valence electrons. The molecule has 0 aliphatic heterocycles. The lowest BCUT2D eigenvalue weighted by Gasteiger charge is -2.05. The molecule has 0 saturated carbocycles. The molecular formula is C9H12F2O3. The average molecular weight is 206 g/mol. The minimum absolute atomic E-state index is 0.0303. The van der Waals surface area contributed by atoms with Crippen molar-refractivity contribution in [3.63, 3.8) is 0 Å². The number of ether oxygens (including phenoxy) is 2. The van der Waals surface area contributed by atoms with Crippen molar-refractivity contribution in [2.75, 3.05) is 13.2 Å². The van der Waals surface area contributed by atoms with Crippen LogP contribution in [0.3, 0.4) is 0 Å². The zero-order valence-electron chi connectivity index (χ0n) is 8.05. The van der Waals surface area contributed by atoms with Gasteiger partial charge in [0.1, 0.15) is 6.61 Å². The summed E-state index contributed by atoms with van der Waals surface area (Å²) in [5.41, 5.74) is 0. The van der Waals surface area contributed by atoms with Crippen LogP contribution in [0, 0.1) is 0 Å². The second-order valence-electron chi connectivity index (χ2n) is 2.19. The van der Waals surface area contributed by atoms with Gasteiger partial charge in [-0.3, -0.25) is 0 Å². The molecule has 0 amide bonds. The highest BCUT2D eigenvalue weighted by Gasteiger charge is 2.18. The Hall–Kier alpha value is -1.39. The Bertz CT molecular complexity index is 242. The minimum Gasteiger partial charge on any atom is -0.479 e. The van der Waals surface area contributed by atoms with Crippen molar-refractivity contribution in [1.29, 1.82) is 0 Å².